The van der Waals surface area contributed by atoms with E-state index >= 15 is 0 Å². The van der Waals surface area contributed by atoms with Crippen LogP contribution in [0.2, 0.25) is 0 Å². The third-order valence-electron chi connectivity index (χ3n) is 1.41. The molecule has 0 bridgehead atoms. The van der Waals surface area contributed by atoms with Crippen LogP contribution >= 0.6 is 0 Å². The van der Waals surface area contributed by atoms with Crippen LogP contribution in [0.4, 0.5) is 15.8 Å². The molecule has 1 aromatic rings. The summed E-state index contributed by atoms with van der Waals surface area (Å²) in [7, 11) is 1.64. The van der Waals surface area contributed by atoms with E-state index in [1.165, 1.54) is 0 Å². The maximum absolute atomic E-state index is 12.8. The first kappa shape index (κ1) is 6.93. The summed E-state index contributed by atoms with van der Waals surface area (Å²) in [5.74, 6) is -0.417. The van der Waals surface area contributed by atoms with E-state index in [0.29, 0.717) is 11.2 Å². The highest BCUT2D eigenvalue weighted by Gasteiger charge is 2.03. The molecule has 52 valence electrons. The highest BCUT2D eigenvalue weighted by molar-refractivity contribution is 6.33. The first-order valence-corrected chi connectivity index (χ1v) is 2.93. The Morgan fingerprint density at radius 1 is 1.30 bits per heavy atom. The Hall–Kier alpha value is -1.19. The van der Waals surface area contributed by atoms with Crippen molar-refractivity contribution < 1.29 is 4.39 Å². The number of nitrogen functional groups attached to an aromatic ring is 2. The number of halogens is 1. The van der Waals surface area contributed by atoms with Crippen molar-refractivity contribution in [2.45, 2.75) is 0 Å². The van der Waals surface area contributed by atoms with E-state index in [0.717, 1.165) is 0 Å². The van der Waals surface area contributed by atoms with Gasteiger partial charge in [-0.2, -0.15) is 0 Å². The van der Waals surface area contributed by atoms with Crippen molar-refractivity contribution in [1.82, 2.24) is 0 Å². The molecule has 0 saturated heterocycles. The smallest absolute Gasteiger partial charge is 0.143 e. The maximum Gasteiger partial charge on any atom is 0.143 e. The minimum absolute atomic E-state index is 0.0417. The van der Waals surface area contributed by atoms with Crippen LogP contribution in [-0.4, -0.2) is 7.85 Å². The lowest BCUT2D eigenvalue weighted by Gasteiger charge is -2.02. The Kier molecular flexibility index (Phi) is 1.53. The monoisotopic (exact) mass is 138 g/mol. The van der Waals surface area contributed by atoms with Crippen LogP contribution < -0.4 is 16.9 Å². The van der Waals surface area contributed by atoms with E-state index in [9.17, 15) is 4.39 Å². The number of nitrogens with two attached hydrogens (primary N) is 2. The molecular formula is C6H8BFN2. The summed E-state index contributed by atoms with van der Waals surface area (Å²) < 4.78 is 12.8. The Balaban J connectivity index is 3.34. The van der Waals surface area contributed by atoms with Gasteiger partial charge in [-0.1, -0.05) is 11.5 Å². The van der Waals surface area contributed by atoms with Gasteiger partial charge in [0.25, 0.3) is 0 Å². The predicted molar refractivity (Wildman–Crippen MR) is 43.4 cm³/mol. The Bertz CT molecular complexity index is 235. The van der Waals surface area contributed by atoms with Crippen LogP contribution in [0, 0.1) is 5.82 Å². The second-order valence-electron chi connectivity index (χ2n) is 2.20. The molecule has 1 rings (SSSR count). The summed E-state index contributed by atoms with van der Waals surface area (Å²) >= 11 is 0. The van der Waals surface area contributed by atoms with Gasteiger partial charge in [0.2, 0.25) is 0 Å². The lowest BCUT2D eigenvalue weighted by Crippen LogP contribution is -2.12. The van der Waals surface area contributed by atoms with Crippen LogP contribution in [0.25, 0.3) is 0 Å². The van der Waals surface area contributed by atoms with Gasteiger partial charge >= 0.3 is 0 Å². The first-order valence-electron chi connectivity index (χ1n) is 2.93. The van der Waals surface area contributed by atoms with Crippen molar-refractivity contribution in [1.29, 1.82) is 0 Å². The third kappa shape index (κ3) is 0.921. The van der Waals surface area contributed by atoms with Crippen LogP contribution in [0.1, 0.15) is 0 Å². The number of hydrogen-bond donors (Lipinski definition) is 2. The Morgan fingerprint density at radius 2 is 1.90 bits per heavy atom. The molecule has 4 heteroatoms. The summed E-state index contributed by atoms with van der Waals surface area (Å²) in [6, 6.07) is 3.19. The molecule has 0 amide bonds. The van der Waals surface area contributed by atoms with Crippen LogP contribution in [0.5, 0.6) is 0 Å². The number of hydrogen-bond acceptors (Lipinski definition) is 2. The van der Waals surface area contributed by atoms with Crippen LogP contribution in [0.15, 0.2) is 12.1 Å². The molecule has 0 fully saturated rings. The van der Waals surface area contributed by atoms with Crippen molar-refractivity contribution in [2.75, 3.05) is 11.5 Å². The van der Waals surface area contributed by atoms with Crippen LogP contribution in [-0.2, 0) is 0 Å². The molecule has 10 heavy (non-hydrogen) atoms. The average Bonchev–Trinajstić information content (AvgIpc) is 1.93. The minimum Gasteiger partial charge on any atom is -0.397 e. The van der Waals surface area contributed by atoms with Gasteiger partial charge in [-0.25, -0.2) is 4.39 Å². The normalized spacial score (nSPS) is 9.70. The van der Waals surface area contributed by atoms with Crippen molar-refractivity contribution >= 4 is 24.7 Å². The van der Waals surface area contributed by atoms with E-state index in [1.807, 2.05) is 0 Å². The van der Waals surface area contributed by atoms with Crippen molar-refractivity contribution in [2.24, 2.45) is 0 Å². The molecule has 0 unspecified atom stereocenters. The SMILES string of the molecule is Bc1ccc(N)c(N)c1F. The zero-order chi connectivity index (χ0) is 7.72. The topological polar surface area (TPSA) is 52.0 Å². The molecule has 0 aliphatic rings. The predicted octanol–water partition coefficient (Wildman–Crippen LogP) is -0.752. The molecule has 2 nitrogen and oxygen atoms in total. The minimum atomic E-state index is -0.417. The standard InChI is InChI=1S/C6H8BFN2/c7-3-1-2-4(9)6(10)5(3)8/h1-2H,7,9-10H2. The highest BCUT2D eigenvalue weighted by Crippen LogP contribution is 2.14. The van der Waals surface area contributed by atoms with E-state index < -0.39 is 5.82 Å². The number of rotatable bonds is 0. The van der Waals surface area contributed by atoms with Crippen molar-refractivity contribution in [3.8, 4) is 0 Å². The maximum atomic E-state index is 12.8. The lowest BCUT2D eigenvalue weighted by atomic mass is 9.94. The van der Waals surface area contributed by atoms with Crippen LogP contribution in [0.3, 0.4) is 0 Å². The van der Waals surface area contributed by atoms with E-state index in [-0.39, 0.29) is 5.69 Å². The summed E-state index contributed by atoms with van der Waals surface area (Å²) in [6.45, 7) is 0. The highest BCUT2D eigenvalue weighted by atomic mass is 19.1. The van der Waals surface area contributed by atoms with Gasteiger partial charge in [-0.15, -0.1) is 0 Å². The van der Waals surface area contributed by atoms with E-state index in [4.69, 9.17) is 11.5 Å². The quantitative estimate of drug-likeness (QED) is 0.366. The van der Waals surface area contributed by atoms with Gasteiger partial charge < -0.3 is 11.5 Å². The first-order chi connectivity index (χ1) is 4.63. The lowest BCUT2D eigenvalue weighted by molar-refractivity contribution is 0.641. The van der Waals surface area contributed by atoms with Gasteiger partial charge in [-0.3, -0.25) is 0 Å². The van der Waals surface area contributed by atoms with E-state index in [1.54, 1.807) is 20.0 Å². The molecule has 0 radical (unpaired) electrons. The van der Waals surface area contributed by atoms with Gasteiger partial charge in [0.1, 0.15) is 13.7 Å². The van der Waals surface area contributed by atoms with Gasteiger partial charge in [0.15, 0.2) is 0 Å². The summed E-state index contributed by atoms with van der Waals surface area (Å²) in [4.78, 5) is 0. The van der Waals surface area contributed by atoms with Crippen molar-refractivity contribution in [3.05, 3.63) is 17.9 Å². The van der Waals surface area contributed by atoms with Crippen molar-refractivity contribution in [3.63, 3.8) is 0 Å². The molecule has 0 saturated carbocycles. The Labute approximate surface area is 59.4 Å². The van der Waals surface area contributed by atoms with Gasteiger partial charge in [-0.05, 0) is 6.07 Å². The third-order valence-corrected chi connectivity index (χ3v) is 1.41. The average molecular weight is 138 g/mol. The molecule has 0 aromatic heterocycles. The van der Waals surface area contributed by atoms with Gasteiger partial charge in [0.05, 0.1) is 11.4 Å². The molecule has 4 N–H and O–H groups in total. The zero-order valence-electron chi connectivity index (χ0n) is 5.69. The molecule has 0 atom stereocenters. The van der Waals surface area contributed by atoms with Gasteiger partial charge in [0, 0.05) is 0 Å². The second-order valence-corrected chi connectivity index (χ2v) is 2.20. The molecule has 0 aliphatic heterocycles. The summed E-state index contributed by atoms with van der Waals surface area (Å²) in [6.07, 6.45) is 0. The molecule has 0 spiro atoms. The zero-order valence-corrected chi connectivity index (χ0v) is 5.69. The fourth-order valence-electron chi connectivity index (χ4n) is 0.717. The molecule has 0 heterocycles. The fraction of sp³-hybridized carbons (Fsp3) is 0. The van der Waals surface area contributed by atoms with E-state index in [2.05, 4.69) is 0 Å². The molecule has 0 aliphatic carbocycles. The molecular weight excluding hydrogens is 130 g/mol. The summed E-state index contributed by atoms with van der Waals surface area (Å²) in [5, 5.41) is 0. The summed E-state index contributed by atoms with van der Waals surface area (Å²) in [5.41, 5.74) is 11.5. The fourth-order valence-corrected chi connectivity index (χ4v) is 0.717. The Morgan fingerprint density at radius 3 is 2.40 bits per heavy atom. The second kappa shape index (κ2) is 2.21. The molecule has 1 aromatic carbocycles. The largest absolute Gasteiger partial charge is 0.397 e. The number of benzene rings is 1. The number of anilines is 2.